The van der Waals surface area contributed by atoms with Gasteiger partial charge in [0.05, 0.1) is 10.6 Å². The molecule has 6 nitrogen and oxygen atoms in total. The number of nitrogens with one attached hydrogen (secondary N) is 1. The van der Waals surface area contributed by atoms with Crippen LogP contribution in [-0.2, 0) is 22.9 Å². The Morgan fingerprint density at radius 1 is 1.17 bits per heavy atom. The Bertz CT molecular complexity index is 1250. The van der Waals surface area contributed by atoms with Crippen molar-refractivity contribution in [3.63, 3.8) is 0 Å². The fourth-order valence-electron chi connectivity index (χ4n) is 2.95. The van der Waals surface area contributed by atoms with Gasteiger partial charge in [-0.05, 0) is 36.2 Å². The second kappa shape index (κ2) is 8.02. The van der Waals surface area contributed by atoms with Crippen molar-refractivity contribution < 1.29 is 12.8 Å². The molecule has 2 heterocycles. The van der Waals surface area contributed by atoms with Crippen molar-refractivity contribution in [1.29, 1.82) is 0 Å². The second-order valence-electron chi connectivity index (χ2n) is 6.51. The number of aromatic nitrogens is 3. The van der Waals surface area contributed by atoms with E-state index in [0.717, 1.165) is 17.7 Å². The van der Waals surface area contributed by atoms with Gasteiger partial charge in [-0.15, -0.1) is 16.4 Å². The van der Waals surface area contributed by atoms with Gasteiger partial charge in [-0.2, -0.15) is 4.98 Å². The Morgan fingerprint density at radius 2 is 1.97 bits per heavy atom. The van der Waals surface area contributed by atoms with Crippen LogP contribution in [0.4, 0.5) is 4.39 Å². The van der Waals surface area contributed by atoms with E-state index in [0.29, 0.717) is 22.8 Å². The van der Waals surface area contributed by atoms with E-state index in [9.17, 15) is 12.8 Å². The third-order valence-electron chi connectivity index (χ3n) is 4.55. The Morgan fingerprint density at radius 3 is 2.69 bits per heavy atom. The van der Waals surface area contributed by atoms with Gasteiger partial charge in [0, 0.05) is 23.9 Å². The Balaban J connectivity index is 1.47. The molecule has 0 fully saturated rings. The van der Waals surface area contributed by atoms with Gasteiger partial charge in [0.25, 0.3) is 0 Å². The minimum atomic E-state index is -3.57. The lowest BCUT2D eigenvalue weighted by Gasteiger charge is -2.07. The molecule has 0 radical (unpaired) electrons. The number of rotatable bonds is 7. The summed E-state index contributed by atoms with van der Waals surface area (Å²) in [6, 6.07) is 13.0. The maximum atomic E-state index is 13.4. The number of sulfonamides is 1. The van der Waals surface area contributed by atoms with Gasteiger partial charge in [0.2, 0.25) is 15.0 Å². The predicted octanol–water partition coefficient (Wildman–Crippen LogP) is 3.68. The molecule has 2 aromatic heterocycles. The first kappa shape index (κ1) is 19.7. The molecule has 9 heteroatoms. The molecule has 0 aliphatic rings. The molecule has 29 heavy (non-hydrogen) atoms. The van der Waals surface area contributed by atoms with Crippen LogP contribution < -0.4 is 4.72 Å². The van der Waals surface area contributed by atoms with E-state index >= 15 is 0 Å². The van der Waals surface area contributed by atoms with Crippen molar-refractivity contribution >= 4 is 26.3 Å². The first-order valence-electron chi connectivity index (χ1n) is 9.14. The lowest BCUT2D eigenvalue weighted by molar-refractivity contribution is 0.581. The monoisotopic (exact) mass is 430 g/mol. The largest absolute Gasteiger partial charge is 0.240 e. The van der Waals surface area contributed by atoms with E-state index in [-0.39, 0.29) is 17.3 Å². The van der Waals surface area contributed by atoms with Gasteiger partial charge < -0.3 is 0 Å². The summed E-state index contributed by atoms with van der Waals surface area (Å²) in [6.07, 6.45) is 1.32. The van der Waals surface area contributed by atoms with Crippen LogP contribution in [-0.4, -0.2) is 29.6 Å². The average Bonchev–Trinajstić information content (AvgIpc) is 3.30. The molecule has 0 aliphatic carbocycles. The zero-order chi connectivity index (χ0) is 20.4. The van der Waals surface area contributed by atoms with E-state index in [1.165, 1.54) is 23.5 Å². The molecule has 0 unspecified atom stereocenters. The summed E-state index contributed by atoms with van der Waals surface area (Å²) in [5, 5.41) is 6.35. The Labute approximate surface area is 172 Å². The molecule has 2 aromatic carbocycles. The molecule has 4 rings (SSSR count). The van der Waals surface area contributed by atoms with Crippen molar-refractivity contribution in [2.45, 2.75) is 24.7 Å². The highest BCUT2D eigenvalue weighted by molar-refractivity contribution is 7.89. The van der Waals surface area contributed by atoms with Gasteiger partial charge in [-0.25, -0.2) is 22.0 Å². The first-order chi connectivity index (χ1) is 14.0. The molecule has 0 atom stereocenters. The fourth-order valence-corrected chi connectivity index (χ4v) is 4.84. The molecule has 0 amide bonds. The van der Waals surface area contributed by atoms with Crippen LogP contribution in [0.25, 0.3) is 16.3 Å². The summed E-state index contributed by atoms with van der Waals surface area (Å²) in [5.74, 6) is 0.0939. The number of hydrogen-bond acceptors (Lipinski definition) is 5. The normalized spacial score (nSPS) is 11.9. The van der Waals surface area contributed by atoms with Crippen molar-refractivity contribution in [1.82, 2.24) is 19.3 Å². The Kier molecular flexibility index (Phi) is 5.44. The number of fused-ring (bicyclic) bond motifs is 1. The maximum absolute atomic E-state index is 13.4. The molecule has 4 aromatic rings. The molecule has 0 aliphatic heterocycles. The molecule has 0 saturated heterocycles. The molecule has 150 valence electrons. The average molecular weight is 431 g/mol. The van der Waals surface area contributed by atoms with Crippen molar-refractivity contribution in [3.8, 4) is 11.4 Å². The van der Waals surface area contributed by atoms with E-state index in [1.807, 2.05) is 24.4 Å². The number of benzene rings is 2. The summed E-state index contributed by atoms with van der Waals surface area (Å²) >= 11 is 1.41. The van der Waals surface area contributed by atoms with Crippen LogP contribution in [0.3, 0.4) is 0 Å². The Hall–Kier alpha value is -2.62. The third kappa shape index (κ3) is 4.21. The highest BCUT2D eigenvalue weighted by atomic mass is 32.2. The first-order valence-corrected chi connectivity index (χ1v) is 11.5. The van der Waals surface area contributed by atoms with E-state index in [2.05, 4.69) is 14.8 Å². The van der Waals surface area contributed by atoms with Crippen LogP contribution in [0.2, 0.25) is 0 Å². The standard InChI is InChI=1S/C20H19FN4O2S2/c1-2-14-6-8-18(9-7-14)29(26,27)22-11-10-17-13-28-20-23-19(24-25(17)20)15-4-3-5-16(21)12-15/h3-9,12-13,22H,2,10-11H2,1H3. The maximum Gasteiger partial charge on any atom is 0.240 e. The van der Waals surface area contributed by atoms with E-state index in [4.69, 9.17) is 0 Å². The van der Waals surface area contributed by atoms with Crippen LogP contribution in [0.1, 0.15) is 18.2 Å². The number of aryl methyl sites for hydroxylation is 1. The number of halogens is 1. The summed E-state index contributed by atoms with van der Waals surface area (Å²) in [4.78, 5) is 5.36. The zero-order valence-corrected chi connectivity index (χ0v) is 17.3. The minimum absolute atomic E-state index is 0.235. The highest BCUT2D eigenvalue weighted by Crippen LogP contribution is 2.21. The SMILES string of the molecule is CCc1ccc(S(=O)(=O)NCCc2csc3nc(-c4cccc(F)c4)nn23)cc1. The topological polar surface area (TPSA) is 76.4 Å². The summed E-state index contributed by atoms with van der Waals surface area (Å²) < 4.78 is 42.7. The zero-order valence-electron chi connectivity index (χ0n) is 15.7. The summed E-state index contributed by atoms with van der Waals surface area (Å²) in [5.41, 5.74) is 2.53. The smallest absolute Gasteiger partial charge is 0.211 e. The molecule has 1 N–H and O–H groups in total. The van der Waals surface area contributed by atoms with Gasteiger partial charge in [0.1, 0.15) is 5.82 Å². The molecule has 0 saturated carbocycles. The third-order valence-corrected chi connectivity index (χ3v) is 6.89. The summed E-state index contributed by atoms with van der Waals surface area (Å²) in [6.45, 7) is 2.26. The molecular weight excluding hydrogens is 411 g/mol. The van der Waals surface area contributed by atoms with Crippen molar-refractivity contribution in [3.05, 3.63) is 71.0 Å². The molecule has 0 spiro atoms. The van der Waals surface area contributed by atoms with Crippen LogP contribution in [0.15, 0.2) is 58.8 Å². The van der Waals surface area contributed by atoms with Crippen molar-refractivity contribution in [2.75, 3.05) is 6.54 Å². The predicted molar refractivity (Wildman–Crippen MR) is 111 cm³/mol. The molecule has 0 bridgehead atoms. The molecular formula is C20H19FN4O2S2. The van der Waals surface area contributed by atoms with E-state index in [1.54, 1.807) is 28.8 Å². The number of hydrogen-bond donors (Lipinski definition) is 1. The number of nitrogens with zero attached hydrogens (tertiary/aromatic N) is 3. The highest BCUT2D eigenvalue weighted by Gasteiger charge is 2.15. The quantitative estimate of drug-likeness (QED) is 0.485. The lowest BCUT2D eigenvalue weighted by Crippen LogP contribution is -2.26. The van der Waals surface area contributed by atoms with Gasteiger partial charge in [0.15, 0.2) is 5.82 Å². The van der Waals surface area contributed by atoms with Gasteiger partial charge >= 0.3 is 0 Å². The second-order valence-corrected chi connectivity index (χ2v) is 9.12. The number of thiazole rings is 1. The van der Waals surface area contributed by atoms with E-state index < -0.39 is 10.0 Å². The van der Waals surface area contributed by atoms with Crippen LogP contribution in [0, 0.1) is 5.82 Å². The van der Waals surface area contributed by atoms with Gasteiger partial charge in [-0.1, -0.05) is 31.2 Å². The summed E-state index contributed by atoms with van der Waals surface area (Å²) in [7, 11) is -3.57. The lowest BCUT2D eigenvalue weighted by atomic mass is 10.2. The van der Waals surface area contributed by atoms with Crippen LogP contribution in [0.5, 0.6) is 0 Å². The van der Waals surface area contributed by atoms with Crippen LogP contribution >= 0.6 is 11.3 Å². The minimum Gasteiger partial charge on any atom is -0.211 e. The van der Waals surface area contributed by atoms with Gasteiger partial charge in [-0.3, -0.25) is 0 Å². The fraction of sp³-hybridized carbons (Fsp3) is 0.200. The van der Waals surface area contributed by atoms with Crippen molar-refractivity contribution in [2.24, 2.45) is 0 Å².